The largest absolute Gasteiger partial charge is 0.488 e. The lowest BCUT2D eigenvalue weighted by atomic mass is 10.2. The number of amides is 2. The van der Waals surface area contributed by atoms with E-state index in [9.17, 15) is 9.59 Å². The first-order chi connectivity index (χ1) is 16.0. The minimum absolute atomic E-state index is 0.0670. The van der Waals surface area contributed by atoms with E-state index < -0.39 is 0 Å². The van der Waals surface area contributed by atoms with Crippen molar-refractivity contribution in [3.63, 3.8) is 0 Å². The molecule has 3 aromatic carbocycles. The zero-order chi connectivity index (χ0) is 23.5. The van der Waals surface area contributed by atoms with E-state index >= 15 is 0 Å². The van der Waals surface area contributed by atoms with Crippen LogP contribution in [-0.2, 0) is 11.4 Å². The van der Waals surface area contributed by atoms with Gasteiger partial charge < -0.3 is 10.1 Å². The van der Waals surface area contributed by atoms with Crippen LogP contribution in [0.3, 0.4) is 0 Å². The molecule has 0 saturated heterocycles. The Morgan fingerprint density at radius 3 is 2.61 bits per heavy atom. The van der Waals surface area contributed by atoms with Gasteiger partial charge in [0.1, 0.15) is 12.4 Å². The zero-order valence-corrected chi connectivity index (χ0v) is 19.1. The molecular weight excluding hydrogens is 438 g/mol. The van der Waals surface area contributed by atoms with Crippen LogP contribution in [0.2, 0.25) is 5.02 Å². The smallest absolute Gasteiger partial charge is 0.271 e. The molecule has 0 aliphatic heterocycles. The van der Waals surface area contributed by atoms with Gasteiger partial charge in [-0.25, -0.2) is 5.43 Å². The summed E-state index contributed by atoms with van der Waals surface area (Å²) < 4.78 is 5.90. The Morgan fingerprint density at radius 1 is 1.03 bits per heavy atom. The van der Waals surface area contributed by atoms with E-state index in [1.165, 1.54) is 6.21 Å². The van der Waals surface area contributed by atoms with Crippen molar-refractivity contribution in [3.8, 4) is 5.75 Å². The summed E-state index contributed by atoms with van der Waals surface area (Å²) in [5.41, 5.74) is 5.20. The number of anilines is 1. The normalized spacial score (nSPS) is 10.7. The number of hydrazone groups is 1. The van der Waals surface area contributed by atoms with Crippen molar-refractivity contribution >= 4 is 35.3 Å². The molecule has 0 radical (unpaired) electrons. The van der Waals surface area contributed by atoms with E-state index in [0.717, 1.165) is 24.0 Å². The fraction of sp³-hybridized carbons (Fsp3) is 0.192. The summed E-state index contributed by atoms with van der Waals surface area (Å²) in [6, 6.07) is 21.6. The number of benzene rings is 3. The second kappa shape index (κ2) is 12.4. The maximum atomic E-state index is 12.5. The predicted octanol–water partition coefficient (Wildman–Crippen LogP) is 5.81. The summed E-state index contributed by atoms with van der Waals surface area (Å²) in [7, 11) is 0. The SMILES string of the molecule is CCCCC(=O)Nc1cccc(C(=O)NN=Cc2ccccc2OCc2ccc(Cl)cc2)c1. The lowest BCUT2D eigenvalue weighted by Crippen LogP contribution is -2.18. The Hall–Kier alpha value is -3.64. The Bertz CT molecular complexity index is 1110. The summed E-state index contributed by atoms with van der Waals surface area (Å²) in [4.78, 5) is 24.4. The number of nitrogens with zero attached hydrogens (tertiary/aromatic N) is 1. The van der Waals surface area contributed by atoms with Crippen molar-refractivity contribution in [1.82, 2.24) is 5.43 Å². The van der Waals surface area contributed by atoms with E-state index in [4.69, 9.17) is 16.3 Å². The van der Waals surface area contributed by atoms with Crippen molar-refractivity contribution in [2.24, 2.45) is 5.10 Å². The highest BCUT2D eigenvalue weighted by atomic mass is 35.5. The van der Waals surface area contributed by atoms with Crippen molar-refractivity contribution in [1.29, 1.82) is 0 Å². The van der Waals surface area contributed by atoms with Crippen LogP contribution in [-0.4, -0.2) is 18.0 Å². The molecule has 2 amide bonds. The number of unbranched alkanes of at least 4 members (excludes halogenated alkanes) is 1. The van der Waals surface area contributed by atoms with Crippen molar-refractivity contribution < 1.29 is 14.3 Å². The van der Waals surface area contributed by atoms with Gasteiger partial charge in [-0.2, -0.15) is 5.10 Å². The van der Waals surface area contributed by atoms with Gasteiger partial charge >= 0.3 is 0 Å². The minimum atomic E-state index is -0.379. The monoisotopic (exact) mass is 463 g/mol. The number of ether oxygens (including phenoxy) is 1. The maximum Gasteiger partial charge on any atom is 0.271 e. The molecular formula is C26H26ClN3O3. The van der Waals surface area contributed by atoms with E-state index in [0.29, 0.717) is 35.1 Å². The molecule has 0 spiro atoms. The molecule has 3 rings (SSSR count). The number of halogens is 1. The van der Waals surface area contributed by atoms with Crippen LogP contribution in [0.5, 0.6) is 5.75 Å². The van der Waals surface area contributed by atoms with Crippen LogP contribution in [0.25, 0.3) is 0 Å². The number of carbonyl (C=O) groups is 2. The first kappa shape index (κ1) is 24.0. The van der Waals surface area contributed by atoms with E-state index in [-0.39, 0.29) is 11.8 Å². The first-order valence-electron chi connectivity index (χ1n) is 10.7. The third-order valence-corrected chi connectivity index (χ3v) is 5.01. The van der Waals surface area contributed by atoms with Crippen LogP contribution >= 0.6 is 11.6 Å². The Kier molecular flexibility index (Phi) is 9.03. The van der Waals surface area contributed by atoms with Gasteiger partial charge in [-0.3, -0.25) is 9.59 Å². The summed E-state index contributed by atoms with van der Waals surface area (Å²) in [5, 5.41) is 7.55. The molecule has 3 aromatic rings. The first-order valence-corrected chi connectivity index (χ1v) is 11.1. The van der Waals surface area contributed by atoms with Gasteiger partial charge in [-0.1, -0.05) is 55.3 Å². The van der Waals surface area contributed by atoms with Crippen molar-refractivity contribution in [2.75, 3.05) is 5.32 Å². The lowest BCUT2D eigenvalue weighted by molar-refractivity contribution is -0.116. The molecule has 6 nitrogen and oxygen atoms in total. The summed E-state index contributed by atoms with van der Waals surface area (Å²) in [6.45, 7) is 2.41. The highest BCUT2D eigenvalue weighted by Gasteiger charge is 2.08. The zero-order valence-electron chi connectivity index (χ0n) is 18.4. The van der Waals surface area contributed by atoms with Crippen LogP contribution in [0, 0.1) is 0 Å². The minimum Gasteiger partial charge on any atom is -0.488 e. The second-order valence-electron chi connectivity index (χ2n) is 7.38. The molecule has 0 aliphatic carbocycles. The Balaban J connectivity index is 1.58. The maximum absolute atomic E-state index is 12.5. The predicted molar refractivity (Wildman–Crippen MR) is 132 cm³/mol. The van der Waals surface area contributed by atoms with E-state index in [2.05, 4.69) is 15.8 Å². The third kappa shape index (κ3) is 7.77. The van der Waals surface area contributed by atoms with Gasteiger partial charge in [0.25, 0.3) is 5.91 Å². The molecule has 7 heteroatoms. The second-order valence-corrected chi connectivity index (χ2v) is 7.82. The van der Waals surface area contributed by atoms with Crippen LogP contribution < -0.4 is 15.5 Å². The van der Waals surface area contributed by atoms with Crippen LogP contribution in [0.15, 0.2) is 77.9 Å². The number of rotatable bonds is 10. The number of nitrogens with one attached hydrogen (secondary N) is 2. The summed E-state index contributed by atoms with van der Waals surface area (Å²) in [5.74, 6) is 0.195. The molecule has 0 aliphatic rings. The molecule has 170 valence electrons. The molecule has 0 bridgehead atoms. The standard InChI is InChI=1S/C26H26ClN3O3/c1-2-3-11-25(31)29-23-9-6-8-20(16-23)26(32)30-28-17-21-7-4-5-10-24(21)33-18-19-12-14-22(27)15-13-19/h4-10,12-17H,2-3,11,18H2,1H3,(H,29,31)(H,30,32). The topological polar surface area (TPSA) is 79.8 Å². The van der Waals surface area contributed by atoms with E-state index in [1.807, 2.05) is 55.5 Å². The van der Waals surface area contributed by atoms with Gasteiger partial charge in [0.05, 0.1) is 6.21 Å². The number of para-hydroxylation sites is 1. The van der Waals surface area contributed by atoms with Gasteiger partial charge in [0.2, 0.25) is 5.91 Å². The van der Waals surface area contributed by atoms with Gasteiger partial charge in [-0.05, 0) is 54.4 Å². The fourth-order valence-electron chi connectivity index (χ4n) is 2.98. The van der Waals surface area contributed by atoms with Crippen LogP contribution in [0.4, 0.5) is 5.69 Å². The van der Waals surface area contributed by atoms with Crippen LogP contribution in [0.1, 0.15) is 47.7 Å². The lowest BCUT2D eigenvalue weighted by Gasteiger charge is -2.09. The number of hydrogen-bond donors (Lipinski definition) is 2. The molecule has 0 fully saturated rings. The molecule has 0 aromatic heterocycles. The molecule has 33 heavy (non-hydrogen) atoms. The summed E-state index contributed by atoms with van der Waals surface area (Å²) in [6.07, 6.45) is 3.76. The quantitative estimate of drug-likeness (QED) is 0.294. The molecule has 0 atom stereocenters. The number of carbonyl (C=O) groups excluding carboxylic acids is 2. The van der Waals surface area contributed by atoms with Crippen molar-refractivity contribution in [2.45, 2.75) is 32.8 Å². The highest BCUT2D eigenvalue weighted by molar-refractivity contribution is 6.30. The van der Waals surface area contributed by atoms with E-state index in [1.54, 1.807) is 24.3 Å². The van der Waals surface area contributed by atoms with Crippen molar-refractivity contribution in [3.05, 3.63) is 94.5 Å². The molecule has 0 saturated carbocycles. The van der Waals surface area contributed by atoms with Gasteiger partial charge in [0, 0.05) is 28.3 Å². The molecule has 0 heterocycles. The Labute approximate surface area is 198 Å². The number of hydrogen-bond acceptors (Lipinski definition) is 4. The third-order valence-electron chi connectivity index (χ3n) is 4.76. The average molecular weight is 464 g/mol. The Morgan fingerprint density at radius 2 is 1.82 bits per heavy atom. The average Bonchev–Trinajstić information content (AvgIpc) is 2.83. The fourth-order valence-corrected chi connectivity index (χ4v) is 3.11. The molecule has 0 unspecified atom stereocenters. The highest BCUT2D eigenvalue weighted by Crippen LogP contribution is 2.18. The molecule has 2 N–H and O–H groups in total. The summed E-state index contributed by atoms with van der Waals surface area (Å²) >= 11 is 5.92. The van der Waals surface area contributed by atoms with Gasteiger partial charge in [-0.15, -0.1) is 0 Å². The van der Waals surface area contributed by atoms with Gasteiger partial charge in [0.15, 0.2) is 0 Å².